The van der Waals surface area contributed by atoms with E-state index in [2.05, 4.69) is 34.9 Å². The maximum absolute atomic E-state index is 12.5. The third-order valence-corrected chi connectivity index (χ3v) is 6.27. The quantitative estimate of drug-likeness (QED) is 0.445. The van der Waals surface area contributed by atoms with Gasteiger partial charge in [-0.1, -0.05) is 60.7 Å². The Bertz CT molecular complexity index is 1050. The van der Waals surface area contributed by atoms with Crippen molar-refractivity contribution in [3.8, 4) is 11.1 Å². The highest BCUT2D eigenvalue weighted by molar-refractivity contribution is 5.80. The molecule has 4 N–H and O–H groups in total. The molecule has 0 bridgehead atoms. The van der Waals surface area contributed by atoms with Crippen LogP contribution in [0.1, 0.15) is 36.3 Å². The molecule has 2 aromatic carbocycles. The minimum atomic E-state index is -1.14. The molecule has 0 saturated carbocycles. The van der Waals surface area contributed by atoms with Gasteiger partial charge in [-0.2, -0.15) is 0 Å². The monoisotopic (exact) mass is 464 g/mol. The Morgan fingerprint density at radius 1 is 1.03 bits per heavy atom. The number of aliphatic carboxylic acids is 1. The van der Waals surface area contributed by atoms with Crippen LogP contribution in [0.2, 0.25) is 0 Å². The molecular weight excluding hydrogens is 436 g/mol. The summed E-state index contributed by atoms with van der Waals surface area (Å²) in [4.78, 5) is 35.6. The zero-order valence-corrected chi connectivity index (χ0v) is 18.6. The lowest BCUT2D eigenvalue weighted by Crippen LogP contribution is -2.42. The fraction of sp³-hybridized carbons (Fsp3) is 0.346. The van der Waals surface area contributed by atoms with E-state index in [9.17, 15) is 19.5 Å². The second-order valence-corrected chi connectivity index (χ2v) is 8.67. The first-order valence-corrected chi connectivity index (χ1v) is 11.4. The predicted molar refractivity (Wildman–Crippen MR) is 125 cm³/mol. The standard InChI is InChI=1S/C26H28N2O6/c29-18(13-24(30)31)14-27-25(32)16-6-5-7-17(12-16)28-26(33)34-15-23-21-10-3-1-8-19(21)20-9-2-4-11-22(20)23/h1-5,7-11,16-18,23,29H,6,12-15H2,(H,27,32)(H,28,33)(H,30,31). The third-order valence-electron chi connectivity index (χ3n) is 6.27. The molecular formula is C26H28N2O6. The molecule has 0 fully saturated rings. The molecule has 2 aromatic rings. The van der Waals surface area contributed by atoms with Crippen LogP contribution < -0.4 is 10.6 Å². The van der Waals surface area contributed by atoms with Crippen LogP contribution in [0.3, 0.4) is 0 Å². The molecule has 8 nitrogen and oxygen atoms in total. The Kier molecular flexibility index (Phi) is 7.27. The minimum absolute atomic E-state index is 0.0317. The number of carboxylic acids is 1. The van der Waals surface area contributed by atoms with Crippen molar-refractivity contribution in [3.63, 3.8) is 0 Å². The molecule has 0 aliphatic heterocycles. The highest BCUT2D eigenvalue weighted by Crippen LogP contribution is 2.44. The summed E-state index contributed by atoms with van der Waals surface area (Å²) in [6, 6.07) is 15.9. The van der Waals surface area contributed by atoms with E-state index in [1.807, 2.05) is 36.4 Å². The van der Waals surface area contributed by atoms with Crippen LogP contribution in [0.5, 0.6) is 0 Å². The van der Waals surface area contributed by atoms with Crippen molar-refractivity contribution in [3.05, 3.63) is 71.8 Å². The smallest absolute Gasteiger partial charge is 0.407 e. The number of amides is 2. The predicted octanol–water partition coefficient (Wildman–Crippen LogP) is 2.81. The van der Waals surface area contributed by atoms with Gasteiger partial charge in [0, 0.05) is 18.4 Å². The number of hydrogen-bond donors (Lipinski definition) is 4. The van der Waals surface area contributed by atoms with E-state index in [4.69, 9.17) is 9.84 Å². The van der Waals surface area contributed by atoms with Crippen LogP contribution in [0, 0.1) is 5.92 Å². The van der Waals surface area contributed by atoms with Gasteiger partial charge in [-0.05, 0) is 35.1 Å². The Labute approximate surface area is 197 Å². The van der Waals surface area contributed by atoms with E-state index in [0.717, 1.165) is 22.3 Å². The molecule has 178 valence electrons. The number of hydrogen-bond acceptors (Lipinski definition) is 5. The topological polar surface area (TPSA) is 125 Å². The first-order valence-electron chi connectivity index (χ1n) is 11.4. The number of carboxylic acid groups (broad SMARTS) is 1. The van der Waals surface area contributed by atoms with Crippen LogP contribution >= 0.6 is 0 Å². The van der Waals surface area contributed by atoms with E-state index in [1.54, 1.807) is 0 Å². The summed E-state index contributed by atoms with van der Waals surface area (Å²) < 4.78 is 5.58. The summed E-state index contributed by atoms with van der Waals surface area (Å²) in [6.07, 6.45) is 2.44. The van der Waals surface area contributed by atoms with Crippen LogP contribution in [-0.4, -0.2) is 53.5 Å². The summed E-state index contributed by atoms with van der Waals surface area (Å²) in [7, 11) is 0. The van der Waals surface area contributed by atoms with Gasteiger partial charge in [0.1, 0.15) is 6.61 Å². The molecule has 0 radical (unpaired) electrons. The zero-order valence-electron chi connectivity index (χ0n) is 18.6. The zero-order chi connectivity index (χ0) is 24.1. The van der Waals surface area contributed by atoms with Gasteiger partial charge in [0.15, 0.2) is 0 Å². The first-order chi connectivity index (χ1) is 16.4. The molecule has 8 heteroatoms. The number of aliphatic hydroxyl groups is 1. The SMILES string of the molecule is O=C(O)CC(O)CNC(=O)C1CC=CC(NC(=O)OCC2c3ccccc3-c3ccccc32)C1. The Balaban J connectivity index is 1.28. The molecule has 0 saturated heterocycles. The maximum Gasteiger partial charge on any atom is 0.407 e. The number of nitrogens with one attached hydrogen (secondary N) is 2. The van der Waals surface area contributed by atoms with Gasteiger partial charge >= 0.3 is 12.1 Å². The Hall–Kier alpha value is -3.65. The van der Waals surface area contributed by atoms with E-state index in [0.29, 0.717) is 12.8 Å². The summed E-state index contributed by atoms with van der Waals surface area (Å²) >= 11 is 0. The highest BCUT2D eigenvalue weighted by Gasteiger charge is 2.30. The van der Waals surface area contributed by atoms with Gasteiger partial charge < -0.3 is 25.6 Å². The van der Waals surface area contributed by atoms with Gasteiger partial charge in [-0.3, -0.25) is 9.59 Å². The second-order valence-electron chi connectivity index (χ2n) is 8.67. The summed E-state index contributed by atoms with van der Waals surface area (Å²) in [5.74, 6) is -1.83. The number of benzene rings is 2. The number of carbonyl (C=O) groups excluding carboxylic acids is 2. The van der Waals surface area contributed by atoms with Gasteiger partial charge in [0.25, 0.3) is 0 Å². The summed E-state index contributed by atoms with van der Waals surface area (Å²) in [5.41, 5.74) is 4.58. The lowest BCUT2D eigenvalue weighted by Gasteiger charge is -2.25. The van der Waals surface area contributed by atoms with Crippen molar-refractivity contribution in [2.45, 2.75) is 37.3 Å². The van der Waals surface area contributed by atoms with Gasteiger partial charge in [-0.15, -0.1) is 0 Å². The van der Waals surface area contributed by atoms with E-state index in [-0.39, 0.29) is 36.9 Å². The molecule has 4 rings (SSSR count). The lowest BCUT2D eigenvalue weighted by atomic mass is 9.90. The van der Waals surface area contributed by atoms with Gasteiger partial charge in [0.2, 0.25) is 5.91 Å². The van der Waals surface area contributed by atoms with Crippen LogP contribution in [-0.2, 0) is 14.3 Å². The van der Waals surface area contributed by atoms with Gasteiger partial charge in [0.05, 0.1) is 18.6 Å². The van der Waals surface area contributed by atoms with Crippen molar-refractivity contribution in [2.24, 2.45) is 5.92 Å². The molecule has 0 spiro atoms. The second kappa shape index (κ2) is 10.5. The van der Waals surface area contributed by atoms with E-state index >= 15 is 0 Å². The Morgan fingerprint density at radius 2 is 1.68 bits per heavy atom. The Morgan fingerprint density at radius 3 is 2.32 bits per heavy atom. The average molecular weight is 465 g/mol. The number of aliphatic hydroxyl groups excluding tert-OH is 1. The van der Waals surface area contributed by atoms with E-state index in [1.165, 1.54) is 0 Å². The number of rotatable bonds is 8. The number of allylic oxidation sites excluding steroid dienone is 1. The highest BCUT2D eigenvalue weighted by atomic mass is 16.5. The number of carbonyl (C=O) groups is 3. The van der Waals surface area contributed by atoms with Crippen molar-refractivity contribution >= 4 is 18.0 Å². The molecule has 2 aliphatic carbocycles. The molecule has 2 amide bonds. The fourth-order valence-electron chi connectivity index (χ4n) is 4.64. The molecule has 0 heterocycles. The number of alkyl carbamates (subject to hydrolysis) is 1. The van der Waals surface area contributed by atoms with Crippen molar-refractivity contribution in [1.29, 1.82) is 0 Å². The minimum Gasteiger partial charge on any atom is -0.481 e. The number of fused-ring (bicyclic) bond motifs is 3. The molecule has 34 heavy (non-hydrogen) atoms. The normalized spacial score (nSPS) is 19.6. The molecule has 2 aliphatic rings. The van der Waals surface area contributed by atoms with Crippen LogP contribution in [0.15, 0.2) is 60.7 Å². The van der Waals surface area contributed by atoms with Crippen molar-refractivity contribution in [2.75, 3.05) is 13.2 Å². The van der Waals surface area contributed by atoms with E-state index < -0.39 is 24.6 Å². The first kappa shape index (κ1) is 23.5. The number of ether oxygens (including phenoxy) is 1. The molecule has 0 aromatic heterocycles. The molecule has 3 unspecified atom stereocenters. The lowest BCUT2D eigenvalue weighted by molar-refractivity contribution is -0.139. The van der Waals surface area contributed by atoms with Crippen molar-refractivity contribution < 1.29 is 29.3 Å². The fourth-order valence-corrected chi connectivity index (χ4v) is 4.64. The maximum atomic E-state index is 12.5. The van der Waals surface area contributed by atoms with Crippen LogP contribution in [0.4, 0.5) is 4.79 Å². The molecule has 3 atom stereocenters. The third kappa shape index (κ3) is 5.46. The summed E-state index contributed by atoms with van der Waals surface area (Å²) in [5, 5.41) is 23.7. The van der Waals surface area contributed by atoms with Crippen LogP contribution in [0.25, 0.3) is 11.1 Å². The van der Waals surface area contributed by atoms with Crippen molar-refractivity contribution in [1.82, 2.24) is 10.6 Å². The van der Waals surface area contributed by atoms with Gasteiger partial charge in [-0.25, -0.2) is 4.79 Å². The average Bonchev–Trinajstić information content (AvgIpc) is 3.15. The summed E-state index contributed by atoms with van der Waals surface area (Å²) in [6.45, 7) is 0.0808. The largest absolute Gasteiger partial charge is 0.481 e.